The van der Waals surface area contributed by atoms with Gasteiger partial charge in [0.25, 0.3) is 0 Å². The molecule has 0 saturated carbocycles. The topological polar surface area (TPSA) is 82.7 Å². The first-order valence-electron chi connectivity index (χ1n) is 5.99. The molecule has 0 fully saturated rings. The van der Waals surface area contributed by atoms with Gasteiger partial charge in [0.2, 0.25) is 0 Å². The average molecular weight is 275 g/mol. The van der Waals surface area contributed by atoms with Crippen LogP contribution >= 0.6 is 0 Å². The summed E-state index contributed by atoms with van der Waals surface area (Å²) < 4.78 is 12.8. The summed E-state index contributed by atoms with van der Waals surface area (Å²) in [5.74, 6) is 0.649. The first-order chi connectivity index (χ1) is 9.69. The van der Waals surface area contributed by atoms with E-state index in [1.807, 2.05) is 0 Å². The maximum atomic E-state index is 12.8. The van der Waals surface area contributed by atoms with E-state index in [9.17, 15) is 9.18 Å². The Morgan fingerprint density at radius 1 is 1.35 bits per heavy atom. The zero-order chi connectivity index (χ0) is 14.4. The lowest BCUT2D eigenvalue weighted by molar-refractivity contribution is 0.241. The Balaban J connectivity index is 1.94. The van der Waals surface area contributed by atoms with Gasteiger partial charge in [-0.2, -0.15) is 5.10 Å². The Morgan fingerprint density at radius 3 is 2.80 bits per heavy atom. The van der Waals surface area contributed by atoms with Crippen LogP contribution in [-0.2, 0) is 6.54 Å². The minimum atomic E-state index is -0.315. The van der Waals surface area contributed by atoms with Crippen molar-refractivity contribution in [2.75, 3.05) is 6.54 Å². The molecule has 0 bridgehead atoms. The number of carbonyl (C=O) groups excluding carboxylic acids is 1. The summed E-state index contributed by atoms with van der Waals surface area (Å²) in [4.78, 5) is 15.5. The van der Waals surface area contributed by atoms with Gasteiger partial charge in [-0.25, -0.2) is 14.2 Å². The quantitative estimate of drug-likeness (QED) is 0.725. The van der Waals surface area contributed by atoms with Crippen molar-refractivity contribution in [3.63, 3.8) is 0 Å². The number of carbonyl (C=O) groups is 1. The van der Waals surface area contributed by atoms with Crippen molar-refractivity contribution in [3.8, 4) is 11.4 Å². The van der Waals surface area contributed by atoms with E-state index in [-0.39, 0.29) is 18.4 Å². The SMILES string of the molecule is C=CCNC(=O)NCc1nc(-c2ccc(F)cc2)n[nH]1. The number of urea groups is 1. The van der Waals surface area contributed by atoms with Crippen molar-refractivity contribution >= 4 is 6.03 Å². The van der Waals surface area contributed by atoms with Crippen molar-refractivity contribution in [2.24, 2.45) is 0 Å². The number of rotatable bonds is 5. The van der Waals surface area contributed by atoms with E-state index >= 15 is 0 Å². The number of amides is 2. The largest absolute Gasteiger partial charge is 0.335 e. The Bertz CT molecular complexity index is 593. The fourth-order valence-electron chi connectivity index (χ4n) is 1.49. The molecule has 0 aliphatic heterocycles. The van der Waals surface area contributed by atoms with Crippen LogP contribution in [0.5, 0.6) is 0 Å². The third-order valence-corrected chi connectivity index (χ3v) is 2.46. The monoisotopic (exact) mass is 275 g/mol. The van der Waals surface area contributed by atoms with Crippen molar-refractivity contribution in [1.29, 1.82) is 0 Å². The molecule has 7 heteroatoms. The fourth-order valence-corrected chi connectivity index (χ4v) is 1.49. The standard InChI is InChI=1S/C13H14FN5O/c1-2-7-15-13(20)16-8-11-17-12(19-18-11)9-3-5-10(14)6-4-9/h2-6H,1,7-8H2,(H2,15,16,20)(H,17,18,19). The molecule has 2 rings (SSSR count). The third kappa shape index (κ3) is 3.64. The number of hydrogen-bond donors (Lipinski definition) is 3. The van der Waals surface area contributed by atoms with Crippen molar-refractivity contribution < 1.29 is 9.18 Å². The molecule has 0 aliphatic carbocycles. The molecule has 2 amide bonds. The maximum Gasteiger partial charge on any atom is 0.315 e. The van der Waals surface area contributed by atoms with E-state index in [2.05, 4.69) is 32.4 Å². The lowest BCUT2D eigenvalue weighted by Crippen LogP contribution is -2.35. The molecule has 6 nitrogen and oxygen atoms in total. The van der Waals surface area contributed by atoms with E-state index in [0.29, 0.717) is 23.8 Å². The second kappa shape index (κ2) is 6.46. The van der Waals surface area contributed by atoms with Gasteiger partial charge >= 0.3 is 6.03 Å². The second-order valence-electron chi connectivity index (χ2n) is 3.96. The number of benzene rings is 1. The predicted octanol–water partition coefficient (Wildman–Crippen LogP) is 1.60. The van der Waals surface area contributed by atoms with Gasteiger partial charge in [0, 0.05) is 12.1 Å². The summed E-state index contributed by atoms with van der Waals surface area (Å²) in [6.07, 6.45) is 1.58. The second-order valence-corrected chi connectivity index (χ2v) is 3.96. The highest BCUT2D eigenvalue weighted by Crippen LogP contribution is 2.14. The molecule has 0 spiro atoms. The summed E-state index contributed by atoms with van der Waals surface area (Å²) in [6, 6.07) is 5.54. The van der Waals surface area contributed by atoms with Crippen molar-refractivity contribution in [1.82, 2.24) is 25.8 Å². The number of hydrogen-bond acceptors (Lipinski definition) is 3. The van der Waals surface area contributed by atoms with Gasteiger partial charge in [0.05, 0.1) is 6.54 Å². The molecule has 0 aliphatic rings. The van der Waals surface area contributed by atoms with Crippen LogP contribution < -0.4 is 10.6 Å². The number of nitrogens with one attached hydrogen (secondary N) is 3. The van der Waals surface area contributed by atoms with Crippen LogP contribution in [-0.4, -0.2) is 27.8 Å². The average Bonchev–Trinajstić information content (AvgIpc) is 2.92. The molecular formula is C13H14FN5O. The van der Waals surface area contributed by atoms with E-state index in [1.54, 1.807) is 18.2 Å². The number of nitrogens with zero attached hydrogens (tertiary/aromatic N) is 2. The van der Waals surface area contributed by atoms with Gasteiger partial charge in [-0.1, -0.05) is 6.08 Å². The van der Waals surface area contributed by atoms with Gasteiger partial charge in [0.15, 0.2) is 5.82 Å². The van der Waals surface area contributed by atoms with Crippen LogP contribution in [0.15, 0.2) is 36.9 Å². The fraction of sp³-hybridized carbons (Fsp3) is 0.154. The van der Waals surface area contributed by atoms with Crippen LogP contribution in [0.25, 0.3) is 11.4 Å². The van der Waals surface area contributed by atoms with Crippen molar-refractivity contribution in [3.05, 3.63) is 48.6 Å². The minimum Gasteiger partial charge on any atom is -0.335 e. The molecule has 1 aromatic heterocycles. The van der Waals surface area contributed by atoms with Gasteiger partial charge in [0.1, 0.15) is 11.6 Å². The molecule has 104 valence electrons. The van der Waals surface area contributed by atoms with Crippen LogP contribution in [0, 0.1) is 5.82 Å². The summed E-state index contributed by atoms with van der Waals surface area (Å²) in [7, 11) is 0. The Hall–Kier alpha value is -2.70. The molecule has 20 heavy (non-hydrogen) atoms. The molecular weight excluding hydrogens is 261 g/mol. The minimum absolute atomic E-state index is 0.219. The van der Waals surface area contributed by atoms with E-state index in [1.165, 1.54) is 12.1 Å². The molecule has 0 unspecified atom stereocenters. The number of halogens is 1. The normalized spacial score (nSPS) is 10.1. The summed E-state index contributed by atoms with van der Waals surface area (Å²) >= 11 is 0. The van der Waals surface area contributed by atoms with E-state index in [0.717, 1.165) is 0 Å². The van der Waals surface area contributed by atoms with Crippen LogP contribution in [0.1, 0.15) is 5.82 Å². The van der Waals surface area contributed by atoms with Gasteiger partial charge in [-0.05, 0) is 24.3 Å². The zero-order valence-electron chi connectivity index (χ0n) is 10.7. The Kier molecular flexibility index (Phi) is 4.43. The Morgan fingerprint density at radius 2 is 2.10 bits per heavy atom. The first kappa shape index (κ1) is 13.7. The van der Waals surface area contributed by atoms with Gasteiger partial charge in [-0.3, -0.25) is 5.10 Å². The smallest absolute Gasteiger partial charge is 0.315 e. The van der Waals surface area contributed by atoms with Gasteiger partial charge in [-0.15, -0.1) is 6.58 Å². The molecule has 3 N–H and O–H groups in total. The third-order valence-electron chi connectivity index (χ3n) is 2.46. The van der Waals surface area contributed by atoms with Crippen molar-refractivity contribution in [2.45, 2.75) is 6.54 Å². The highest BCUT2D eigenvalue weighted by molar-refractivity contribution is 5.73. The van der Waals surface area contributed by atoms with Gasteiger partial charge < -0.3 is 10.6 Å². The predicted molar refractivity (Wildman–Crippen MR) is 72.2 cm³/mol. The summed E-state index contributed by atoms with van der Waals surface area (Å²) in [5, 5.41) is 11.9. The molecule has 1 aromatic carbocycles. The number of aromatic amines is 1. The lowest BCUT2D eigenvalue weighted by atomic mass is 10.2. The maximum absolute atomic E-state index is 12.8. The summed E-state index contributed by atoms with van der Waals surface area (Å²) in [6.45, 7) is 4.11. The molecule has 2 aromatic rings. The van der Waals surface area contributed by atoms with E-state index < -0.39 is 0 Å². The zero-order valence-corrected chi connectivity index (χ0v) is 10.7. The van der Waals surface area contributed by atoms with Crippen LogP contribution in [0.2, 0.25) is 0 Å². The van der Waals surface area contributed by atoms with Crippen LogP contribution in [0.3, 0.4) is 0 Å². The van der Waals surface area contributed by atoms with Crippen LogP contribution in [0.4, 0.5) is 9.18 Å². The molecule has 0 atom stereocenters. The highest BCUT2D eigenvalue weighted by Gasteiger charge is 2.07. The number of aromatic nitrogens is 3. The molecule has 1 heterocycles. The highest BCUT2D eigenvalue weighted by atomic mass is 19.1. The lowest BCUT2D eigenvalue weighted by Gasteiger charge is -2.02. The van der Waals surface area contributed by atoms with E-state index in [4.69, 9.17) is 0 Å². The first-order valence-corrected chi connectivity index (χ1v) is 5.99. The molecule has 0 radical (unpaired) electrons. The Labute approximate surface area is 115 Å². The molecule has 0 saturated heterocycles. The number of H-pyrrole nitrogens is 1. The summed E-state index contributed by atoms with van der Waals surface area (Å²) in [5.41, 5.74) is 0.699.